The van der Waals surface area contributed by atoms with Crippen molar-refractivity contribution in [2.24, 2.45) is 11.3 Å². The second kappa shape index (κ2) is 3.51. The number of rotatable bonds is 1. The van der Waals surface area contributed by atoms with E-state index < -0.39 is 0 Å². The monoisotopic (exact) mass is 270 g/mol. The maximum absolute atomic E-state index is 4.38. The summed E-state index contributed by atoms with van der Waals surface area (Å²) in [5.41, 5.74) is 3.58. The van der Waals surface area contributed by atoms with E-state index >= 15 is 0 Å². The first kappa shape index (κ1) is 10.7. The van der Waals surface area contributed by atoms with Gasteiger partial charge in [-0.15, -0.1) is 11.3 Å². The molecule has 0 bridgehead atoms. The number of fused-ring (bicyclic) bond motifs is 3. The van der Waals surface area contributed by atoms with Crippen LogP contribution in [0.15, 0.2) is 24.0 Å². The molecule has 0 radical (unpaired) electrons. The Labute approximate surface area is 117 Å². The van der Waals surface area contributed by atoms with Gasteiger partial charge in [0.2, 0.25) is 0 Å². The average Bonchev–Trinajstić information content (AvgIpc) is 2.85. The lowest BCUT2D eigenvalue weighted by Gasteiger charge is -2.33. The van der Waals surface area contributed by atoms with Gasteiger partial charge in [0.1, 0.15) is 0 Å². The van der Waals surface area contributed by atoms with E-state index in [0.29, 0.717) is 6.04 Å². The number of imidazole rings is 1. The van der Waals surface area contributed by atoms with Gasteiger partial charge in [0.05, 0.1) is 24.3 Å². The lowest BCUT2D eigenvalue weighted by Crippen LogP contribution is -2.23. The summed E-state index contributed by atoms with van der Waals surface area (Å²) in [6.07, 6.45) is 12.9. The van der Waals surface area contributed by atoms with Gasteiger partial charge in [-0.3, -0.25) is 0 Å². The molecule has 98 valence electrons. The molecule has 2 nitrogen and oxygen atoms in total. The number of hydrogen-bond donors (Lipinski definition) is 0. The first-order valence-electron chi connectivity index (χ1n) is 7.46. The van der Waals surface area contributed by atoms with E-state index in [4.69, 9.17) is 0 Å². The van der Waals surface area contributed by atoms with E-state index in [-0.39, 0.29) is 0 Å². The largest absolute Gasteiger partial charge is 0.322 e. The van der Waals surface area contributed by atoms with Crippen molar-refractivity contribution in [1.29, 1.82) is 0 Å². The number of nitrogens with zero attached hydrogens (tertiary/aromatic N) is 2. The highest BCUT2D eigenvalue weighted by molar-refractivity contribution is 7.10. The Hall–Kier alpha value is -1.09. The zero-order valence-corrected chi connectivity index (χ0v) is 11.8. The maximum atomic E-state index is 4.38. The molecule has 0 saturated heterocycles. The van der Waals surface area contributed by atoms with Gasteiger partial charge in [-0.1, -0.05) is 0 Å². The summed E-state index contributed by atoms with van der Waals surface area (Å²) in [6.45, 7) is 0. The molecule has 1 atom stereocenters. The molecule has 1 aliphatic heterocycles. The smallest absolute Gasteiger partial charge is 0.0957 e. The molecule has 0 unspecified atom stereocenters. The van der Waals surface area contributed by atoms with Crippen molar-refractivity contribution in [3.05, 3.63) is 28.8 Å². The van der Waals surface area contributed by atoms with Crippen molar-refractivity contribution >= 4 is 11.3 Å². The zero-order chi connectivity index (χ0) is 12.4. The molecule has 0 aromatic carbocycles. The first-order chi connectivity index (χ1) is 9.36. The third kappa shape index (κ3) is 1.40. The van der Waals surface area contributed by atoms with Gasteiger partial charge in [0.25, 0.3) is 0 Å². The molecule has 3 aliphatic rings. The fourth-order valence-corrected chi connectivity index (χ4v) is 5.40. The van der Waals surface area contributed by atoms with Crippen LogP contribution in [0.3, 0.4) is 0 Å². The fourth-order valence-electron chi connectivity index (χ4n) is 4.31. The third-order valence-electron chi connectivity index (χ3n) is 5.70. The number of thiophene rings is 1. The van der Waals surface area contributed by atoms with Crippen molar-refractivity contribution in [2.75, 3.05) is 0 Å². The van der Waals surface area contributed by atoms with Crippen molar-refractivity contribution < 1.29 is 0 Å². The van der Waals surface area contributed by atoms with Crippen LogP contribution in [-0.2, 0) is 0 Å². The van der Waals surface area contributed by atoms with Crippen LogP contribution in [0.2, 0.25) is 0 Å². The van der Waals surface area contributed by atoms with Gasteiger partial charge in [0.15, 0.2) is 0 Å². The van der Waals surface area contributed by atoms with Crippen LogP contribution in [0.1, 0.15) is 49.4 Å². The quantitative estimate of drug-likeness (QED) is 0.747. The molecule has 2 aromatic rings. The summed E-state index contributed by atoms with van der Waals surface area (Å²) in [5, 5.41) is 2.25. The number of aromatic nitrogens is 2. The molecule has 0 amide bonds. The Kier molecular flexibility index (Phi) is 1.97. The molecular weight excluding hydrogens is 252 g/mol. The van der Waals surface area contributed by atoms with Crippen LogP contribution in [0.5, 0.6) is 0 Å². The minimum absolute atomic E-state index is 0.587. The molecule has 3 heteroatoms. The van der Waals surface area contributed by atoms with Gasteiger partial charge in [-0.2, -0.15) is 0 Å². The predicted molar refractivity (Wildman–Crippen MR) is 77.3 cm³/mol. The minimum atomic E-state index is 0.587. The molecule has 19 heavy (non-hydrogen) atoms. The topological polar surface area (TPSA) is 17.8 Å². The highest BCUT2D eigenvalue weighted by atomic mass is 32.1. The van der Waals surface area contributed by atoms with E-state index in [2.05, 4.69) is 21.0 Å². The molecule has 0 N–H and O–H groups in total. The summed E-state index contributed by atoms with van der Waals surface area (Å²) >= 11 is 1.94. The van der Waals surface area contributed by atoms with E-state index in [1.807, 2.05) is 23.9 Å². The predicted octanol–water partition coefficient (Wildman–Crippen LogP) is 4.48. The van der Waals surface area contributed by atoms with Crippen LogP contribution < -0.4 is 0 Å². The summed E-state index contributed by atoms with van der Waals surface area (Å²) < 4.78 is 2.44. The SMILES string of the molecule is c1cc2c(s1)[C@@H](C1CCC3(CC1)CC3)n1cncc1-2. The first-order valence-corrected chi connectivity index (χ1v) is 8.34. The average molecular weight is 270 g/mol. The van der Waals surface area contributed by atoms with Crippen LogP contribution >= 0.6 is 11.3 Å². The standard InChI is InChI=1S/C16H18N2S/c1-4-16(6-7-16)5-2-11(1)14-15-12(3-8-19-15)13-9-17-10-18(13)14/h3,8-11,14H,1-2,4-7H2/t14-/m1/s1. The van der Waals surface area contributed by atoms with Crippen molar-refractivity contribution in [1.82, 2.24) is 9.55 Å². The van der Waals surface area contributed by atoms with E-state index in [0.717, 1.165) is 11.3 Å². The molecule has 5 rings (SSSR count). The molecular formula is C16H18N2S. The van der Waals surface area contributed by atoms with Gasteiger partial charge in [0, 0.05) is 10.4 Å². The summed E-state index contributed by atoms with van der Waals surface area (Å²) in [6, 6.07) is 2.86. The molecule has 3 heterocycles. The highest BCUT2D eigenvalue weighted by Crippen LogP contribution is 2.60. The third-order valence-corrected chi connectivity index (χ3v) is 6.69. The zero-order valence-electron chi connectivity index (χ0n) is 11.0. The Morgan fingerprint density at radius 3 is 2.84 bits per heavy atom. The van der Waals surface area contributed by atoms with Crippen molar-refractivity contribution in [3.8, 4) is 11.3 Å². The highest BCUT2D eigenvalue weighted by Gasteiger charge is 2.47. The lowest BCUT2D eigenvalue weighted by atomic mass is 9.76. The van der Waals surface area contributed by atoms with Crippen LogP contribution in [0.4, 0.5) is 0 Å². The van der Waals surface area contributed by atoms with E-state index in [9.17, 15) is 0 Å². The van der Waals surface area contributed by atoms with Gasteiger partial charge >= 0.3 is 0 Å². The van der Waals surface area contributed by atoms with Crippen LogP contribution in [0.25, 0.3) is 11.3 Å². The van der Waals surface area contributed by atoms with Crippen LogP contribution in [-0.4, -0.2) is 9.55 Å². The summed E-state index contributed by atoms with van der Waals surface area (Å²) in [5.74, 6) is 0.832. The minimum Gasteiger partial charge on any atom is -0.322 e. The maximum Gasteiger partial charge on any atom is 0.0957 e. The van der Waals surface area contributed by atoms with Crippen LogP contribution in [0, 0.1) is 11.3 Å². The molecule has 1 spiro atoms. The van der Waals surface area contributed by atoms with Gasteiger partial charge in [-0.05, 0) is 61.3 Å². The van der Waals surface area contributed by atoms with Gasteiger partial charge < -0.3 is 4.57 Å². The Bertz CT molecular complexity index is 584. The summed E-state index contributed by atoms with van der Waals surface area (Å²) in [7, 11) is 0. The second-order valence-electron chi connectivity index (χ2n) is 6.67. The normalized spacial score (nSPS) is 27.5. The second-order valence-corrected chi connectivity index (χ2v) is 7.61. The van der Waals surface area contributed by atoms with E-state index in [1.54, 1.807) is 4.88 Å². The Morgan fingerprint density at radius 2 is 2.05 bits per heavy atom. The Balaban J connectivity index is 1.52. The van der Waals surface area contributed by atoms with Crippen molar-refractivity contribution in [3.63, 3.8) is 0 Å². The lowest BCUT2D eigenvalue weighted by molar-refractivity contribution is 0.218. The molecule has 2 aliphatic carbocycles. The van der Waals surface area contributed by atoms with Gasteiger partial charge in [-0.25, -0.2) is 4.98 Å². The van der Waals surface area contributed by atoms with Crippen molar-refractivity contribution in [2.45, 2.75) is 44.6 Å². The molecule has 2 saturated carbocycles. The Morgan fingerprint density at radius 1 is 1.21 bits per heavy atom. The fraction of sp³-hybridized carbons (Fsp3) is 0.562. The molecule has 2 fully saturated rings. The number of hydrogen-bond acceptors (Lipinski definition) is 2. The molecule has 2 aromatic heterocycles. The summed E-state index contributed by atoms with van der Waals surface area (Å²) in [4.78, 5) is 5.97. The van der Waals surface area contributed by atoms with E-state index in [1.165, 1.54) is 49.8 Å².